The van der Waals surface area contributed by atoms with Crippen LogP contribution in [0.4, 0.5) is 13.2 Å². The average molecular weight is 494 g/mol. The Bertz CT molecular complexity index is 1170. The molecule has 1 aliphatic rings. The van der Waals surface area contributed by atoms with Crippen LogP contribution in [0.15, 0.2) is 36.8 Å². The smallest absolute Gasteiger partial charge is 0.451 e. The third-order valence-corrected chi connectivity index (χ3v) is 6.01. The molecule has 1 saturated heterocycles. The first kappa shape index (κ1) is 24.0. The molecule has 1 aliphatic heterocycles. The topological polar surface area (TPSA) is 106 Å². The highest BCUT2D eigenvalue weighted by Crippen LogP contribution is 2.31. The van der Waals surface area contributed by atoms with E-state index in [-0.39, 0.29) is 18.3 Å². The van der Waals surface area contributed by atoms with Gasteiger partial charge in [-0.15, -0.1) is 11.3 Å². The van der Waals surface area contributed by atoms with Gasteiger partial charge in [0.1, 0.15) is 16.9 Å². The van der Waals surface area contributed by atoms with Crippen molar-refractivity contribution in [2.45, 2.75) is 44.9 Å². The van der Waals surface area contributed by atoms with Crippen molar-refractivity contribution in [2.75, 3.05) is 6.61 Å². The van der Waals surface area contributed by atoms with Gasteiger partial charge in [-0.1, -0.05) is 0 Å². The van der Waals surface area contributed by atoms with Crippen LogP contribution >= 0.6 is 11.3 Å². The third kappa shape index (κ3) is 5.69. The number of ether oxygens (including phenoxy) is 2. The van der Waals surface area contributed by atoms with Gasteiger partial charge >= 0.3 is 6.18 Å². The Kier molecular flexibility index (Phi) is 6.82. The molecule has 0 spiro atoms. The summed E-state index contributed by atoms with van der Waals surface area (Å²) >= 11 is 1.46. The van der Waals surface area contributed by atoms with Crippen molar-refractivity contribution >= 4 is 17.2 Å². The van der Waals surface area contributed by atoms with E-state index in [4.69, 9.17) is 9.47 Å². The van der Waals surface area contributed by atoms with E-state index < -0.39 is 30.2 Å². The number of aryl methyl sites for hydroxylation is 1. The second-order valence-electron chi connectivity index (χ2n) is 7.82. The number of amides is 1. The van der Waals surface area contributed by atoms with Gasteiger partial charge in [0, 0.05) is 46.6 Å². The number of thiazole rings is 1. The van der Waals surface area contributed by atoms with E-state index >= 15 is 0 Å². The van der Waals surface area contributed by atoms with E-state index in [0.717, 1.165) is 17.3 Å². The summed E-state index contributed by atoms with van der Waals surface area (Å²) in [6, 6.07) is 4.33. The molecule has 1 amide bonds. The van der Waals surface area contributed by atoms with Gasteiger partial charge in [0.2, 0.25) is 5.82 Å². The summed E-state index contributed by atoms with van der Waals surface area (Å²) in [5, 5.41) is 13.0. The first-order chi connectivity index (χ1) is 16.1. The number of carbonyl (C=O) groups is 1. The predicted molar refractivity (Wildman–Crippen MR) is 116 cm³/mol. The Morgan fingerprint density at radius 1 is 1.24 bits per heavy atom. The molecule has 1 fully saturated rings. The van der Waals surface area contributed by atoms with Gasteiger partial charge in [-0.2, -0.15) is 13.2 Å². The summed E-state index contributed by atoms with van der Waals surface area (Å²) in [6.45, 7) is 3.75. The number of halogens is 3. The summed E-state index contributed by atoms with van der Waals surface area (Å²) in [5.41, 5.74) is 1.27. The van der Waals surface area contributed by atoms with Crippen LogP contribution in [-0.4, -0.2) is 45.0 Å². The molecule has 2 aromatic heterocycles. The van der Waals surface area contributed by atoms with Crippen molar-refractivity contribution in [2.24, 2.45) is 0 Å². The average Bonchev–Trinajstić information content (AvgIpc) is 3.40. The molecule has 0 aliphatic carbocycles. The maximum Gasteiger partial charge on any atom is 0.451 e. The molecular formula is C22H21F3N4O4S. The Balaban J connectivity index is 1.56. The Labute approximate surface area is 196 Å². The lowest BCUT2D eigenvalue weighted by atomic mass is 10.1. The number of nitrogens with one attached hydrogen (secondary N) is 1. The van der Waals surface area contributed by atoms with E-state index in [1.807, 2.05) is 6.92 Å². The van der Waals surface area contributed by atoms with Crippen molar-refractivity contribution < 1.29 is 32.5 Å². The maximum absolute atomic E-state index is 13.0. The van der Waals surface area contributed by atoms with Crippen LogP contribution in [0, 0.1) is 6.92 Å². The molecule has 12 heteroatoms. The van der Waals surface area contributed by atoms with Gasteiger partial charge in [0.25, 0.3) is 5.91 Å². The molecule has 0 unspecified atom stereocenters. The van der Waals surface area contributed by atoms with Crippen LogP contribution in [-0.2, 0) is 10.9 Å². The summed E-state index contributed by atoms with van der Waals surface area (Å²) in [7, 11) is 0. The van der Waals surface area contributed by atoms with Crippen LogP contribution in [0.5, 0.6) is 5.75 Å². The normalized spacial score (nSPS) is 19.1. The predicted octanol–water partition coefficient (Wildman–Crippen LogP) is 3.90. The van der Waals surface area contributed by atoms with Crippen LogP contribution in [0.25, 0.3) is 10.6 Å². The molecule has 4 rings (SSSR count). The fraction of sp³-hybridized carbons (Fsp3) is 0.364. The number of alkyl halides is 3. The lowest BCUT2D eigenvalue weighted by molar-refractivity contribution is -0.145. The SMILES string of the molecule is Cc1cnc(-c2cc(O[C@H]3CO[C@H](O)C3)cc(C(=O)N[C@H](C)c3cnc(C(F)(F)F)nc3)c2)s1. The highest BCUT2D eigenvalue weighted by atomic mass is 32.1. The zero-order chi connectivity index (χ0) is 24.5. The molecule has 0 bridgehead atoms. The number of carbonyl (C=O) groups excluding carboxylic acids is 1. The van der Waals surface area contributed by atoms with Crippen LogP contribution in [0.3, 0.4) is 0 Å². The van der Waals surface area contributed by atoms with Crippen molar-refractivity contribution in [3.63, 3.8) is 0 Å². The number of rotatable bonds is 6. The van der Waals surface area contributed by atoms with Gasteiger partial charge in [-0.05, 0) is 32.0 Å². The maximum atomic E-state index is 13.0. The van der Waals surface area contributed by atoms with Crippen molar-refractivity contribution in [3.05, 3.63) is 58.6 Å². The van der Waals surface area contributed by atoms with Gasteiger partial charge in [-0.25, -0.2) is 15.0 Å². The molecule has 0 saturated carbocycles. The van der Waals surface area contributed by atoms with E-state index in [2.05, 4.69) is 20.3 Å². The van der Waals surface area contributed by atoms with Gasteiger partial charge in [-0.3, -0.25) is 4.79 Å². The van der Waals surface area contributed by atoms with Crippen LogP contribution in [0.2, 0.25) is 0 Å². The quantitative estimate of drug-likeness (QED) is 0.535. The number of aromatic nitrogens is 3. The molecule has 3 heterocycles. The monoisotopic (exact) mass is 494 g/mol. The first-order valence-electron chi connectivity index (χ1n) is 10.3. The van der Waals surface area contributed by atoms with Gasteiger partial charge in [0.15, 0.2) is 6.29 Å². The molecule has 1 aromatic carbocycles. The fourth-order valence-corrected chi connectivity index (χ4v) is 4.09. The fourth-order valence-electron chi connectivity index (χ4n) is 3.34. The summed E-state index contributed by atoms with van der Waals surface area (Å²) < 4.78 is 49.2. The largest absolute Gasteiger partial charge is 0.488 e. The number of aliphatic hydroxyl groups is 1. The van der Waals surface area contributed by atoms with E-state index in [1.165, 1.54) is 11.3 Å². The molecule has 3 atom stereocenters. The number of aliphatic hydroxyl groups excluding tert-OH is 1. The second-order valence-corrected chi connectivity index (χ2v) is 9.05. The first-order valence-corrected chi connectivity index (χ1v) is 11.1. The van der Waals surface area contributed by atoms with Crippen LogP contribution in [0.1, 0.15) is 46.0 Å². The van der Waals surface area contributed by atoms with E-state index in [1.54, 1.807) is 31.3 Å². The van der Waals surface area contributed by atoms with E-state index in [9.17, 15) is 23.1 Å². The number of benzene rings is 1. The molecule has 0 radical (unpaired) electrons. The number of nitrogens with zero attached hydrogens (tertiary/aromatic N) is 3. The minimum Gasteiger partial charge on any atom is -0.488 e. The van der Waals surface area contributed by atoms with Crippen molar-refractivity contribution in [3.8, 4) is 16.3 Å². The number of hydrogen-bond acceptors (Lipinski definition) is 8. The Morgan fingerprint density at radius 2 is 1.97 bits per heavy atom. The lowest BCUT2D eigenvalue weighted by Crippen LogP contribution is -2.27. The van der Waals surface area contributed by atoms with E-state index in [0.29, 0.717) is 28.3 Å². The zero-order valence-corrected chi connectivity index (χ0v) is 19.0. The highest BCUT2D eigenvalue weighted by molar-refractivity contribution is 7.14. The molecule has 8 nitrogen and oxygen atoms in total. The minimum atomic E-state index is -4.64. The Hall–Kier alpha value is -3.09. The molecule has 3 aromatic rings. The lowest BCUT2D eigenvalue weighted by Gasteiger charge is -2.17. The summed E-state index contributed by atoms with van der Waals surface area (Å²) in [5.74, 6) is -1.30. The van der Waals surface area contributed by atoms with Crippen LogP contribution < -0.4 is 10.1 Å². The molecule has 180 valence electrons. The minimum absolute atomic E-state index is 0.217. The third-order valence-electron chi connectivity index (χ3n) is 5.05. The van der Waals surface area contributed by atoms with Gasteiger partial charge < -0.3 is 19.9 Å². The standard InChI is InChI=1S/C22H21F3N4O4S/c1-11-7-26-20(34-11)14-3-13(4-16(5-14)33-17-6-18(30)32-10-17)19(31)29-12(2)15-8-27-21(28-9-15)22(23,24)25/h3-5,7-9,12,17-18,30H,6,10H2,1-2H3,(H,29,31)/t12-,17-,18+/m1/s1. The van der Waals surface area contributed by atoms with Gasteiger partial charge in [0.05, 0.1) is 12.6 Å². The van der Waals surface area contributed by atoms with Crippen molar-refractivity contribution in [1.29, 1.82) is 0 Å². The second kappa shape index (κ2) is 9.65. The van der Waals surface area contributed by atoms with Crippen molar-refractivity contribution in [1.82, 2.24) is 20.3 Å². The molecular weight excluding hydrogens is 473 g/mol. The molecule has 34 heavy (non-hydrogen) atoms. The summed E-state index contributed by atoms with van der Waals surface area (Å²) in [6.07, 6.45) is -1.82. The number of hydrogen-bond donors (Lipinski definition) is 2. The highest BCUT2D eigenvalue weighted by Gasteiger charge is 2.34. The Morgan fingerprint density at radius 3 is 2.56 bits per heavy atom. The molecule has 2 N–H and O–H groups in total. The zero-order valence-electron chi connectivity index (χ0n) is 18.2. The summed E-state index contributed by atoms with van der Waals surface area (Å²) in [4.78, 5) is 25.1.